The molecule has 0 bridgehead atoms. The molecule has 0 aliphatic rings. The summed E-state index contributed by atoms with van der Waals surface area (Å²) in [6.45, 7) is 3.60. The monoisotopic (exact) mass is 331 g/mol. The molecule has 74 valence electrons. The number of nitrogens with one attached hydrogen (secondary N) is 1. The minimum absolute atomic E-state index is 0.0650. The van der Waals surface area contributed by atoms with Crippen molar-refractivity contribution in [2.75, 3.05) is 0 Å². The van der Waals surface area contributed by atoms with Crippen molar-refractivity contribution >= 4 is 44.0 Å². The molecule has 0 radical (unpaired) electrons. The second-order valence-electron chi connectivity index (χ2n) is 2.83. The lowest BCUT2D eigenvalue weighted by atomic mass is 10.4. The van der Waals surface area contributed by atoms with Crippen molar-refractivity contribution < 1.29 is 8.42 Å². The summed E-state index contributed by atoms with van der Waals surface area (Å²) < 4.78 is 27.0. The molecule has 0 aliphatic carbocycles. The van der Waals surface area contributed by atoms with Crippen LogP contribution in [0.4, 0.5) is 0 Å². The average Bonchev–Trinajstić information content (AvgIpc) is 2.32. The molecule has 13 heavy (non-hydrogen) atoms. The molecular formula is C7H10INO2S2. The van der Waals surface area contributed by atoms with Gasteiger partial charge in [0.25, 0.3) is 0 Å². The Hall–Kier alpha value is 0.340. The van der Waals surface area contributed by atoms with Gasteiger partial charge in [-0.3, -0.25) is 0 Å². The van der Waals surface area contributed by atoms with Gasteiger partial charge in [-0.1, -0.05) is 0 Å². The molecule has 1 aromatic heterocycles. The second-order valence-corrected chi connectivity index (χ2v) is 7.75. The molecule has 1 heterocycles. The van der Waals surface area contributed by atoms with Gasteiger partial charge >= 0.3 is 0 Å². The van der Waals surface area contributed by atoms with Gasteiger partial charge in [-0.15, -0.1) is 11.3 Å². The van der Waals surface area contributed by atoms with Gasteiger partial charge in [0.15, 0.2) is 0 Å². The average molecular weight is 331 g/mol. The van der Waals surface area contributed by atoms with Crippen LogP contribution >= 0.6 is 33.9 Å². The van der Waals surface area contributed by atoms with Crippen LogP contribution < -0.4 is 4.72 Å². The lowest BCUT2D eigenvalue weighted by Crippen LogP contribution is -2.29. The Bertz CT molecular complexity index is 383. The molecule has 0 amide bonds. The van der Waals surface area contributed by atoms with Gasteiger partial charge in [0.1, 0.15) is 4.21 Å². The molecule has 3 nitrogen and oxygen atoms in total. The van der Waals surface area contributed by atoms with Crippen molar-refractivity contribution in [1.29, 1.82) is 0 Å². The number of halogens is 1. The number of hydrogen-bond donors (Lipinski definition) is 1. The lowest BCUT2D eigenvalue weighted by molar-refractivity contribution is 0.572. The van der Waals surface area contributed by atoms with Crippen molar-refractivity contribution in [3.8, 4) is 0 Å². The van der Waals surface area contributed by atoms with Crippen LogP contribution in [0, 0.1) is 2.88 Å². The fraction of sp³-hybridized carbons (Fsp3) is 0.429. The van der Waals surface area contributed by atoms with Gasteiger partial charge in [0.2, 0.25) is 10.0 Å². The standard InChI is InChI=1S/C7H10INO2S2/c1-5(2)9-13(10,11)7-4-3-6(8)12-7/h3-5,9H,1-2H3. The van der Waals surface area contributed by atoms with Gasteiger partial charge < -0.3 is 0 Å². The Kier molecular flexibility index (Phi) is 3.73. The van der Waals surface area contributed by atoms with Crippen LogP contribution in [-0.2, 0) is 10.0 Å². The molecule has 0 aromatic carbocycles. The number of sulfonamides is 1. The summed E-state index contributed by atoms with van der Waals surface area (Å²) in [5.74, 6) is 0. The van der Waals surface area contributed by atoms with E-state index in [9.17, 15) is 8.42 Å². The smallest absolute Gasteiger partial charge is 0.208 e. The Morgan fingerprint density at radius 1 is 1.46 bits per heavy atom. The zero-order chi connectivity index (χ0) is 10.1. The first-order valence-corrected chi connectivity index (χ1v) is 7.07. The number of rotatable bonds is 3. The third-order valence-corrected chi connectivity index (χ3v) is 5.25. The van der Waals surface area contributed by atoms with E-state index in [1.807, 2.05) is 0 Å². The molecule has 1 rings (SSSR count). The maximum absolute atomic E-state index is 11.6. The highest BCUT2D eigenvalue weighted by Gasteiger charge is 2.16. The Labute approximate surface area is 95.7 Å². The van der Waals surface area contributed by atoms with Gasteiger partial charge in [0, 0.05) is 6.04 Å². The van der Waals surface area contributed by atoms with E-state index in [0.717, 1.165) is 2.88 Å². The summed E-state index contributed by atoms with van der Waals surface area (Å²) in [5, 5.41) is 0. The Morgan fingerprint density at radius 3 is 2.46 bits per heavy atom. The van der Waals surface area contributed by atoms with Crippen molar-refractivity contribution in [2.45, 2.75) is 24.1 Å². The maximum atomic E-state index is 11.6. The maximum Gasteiger partial charge on any atom is 0.250 e. The largest absolute Gasteiger partial charge is 0.250 e. The molecule has 6 heteroatoms. The van der Waals surface area contributed by atoms with E-state index in [1.54, 1.807) is 26.0 Å². The normalized spacial score (nSPS) is 12.3. The van der Waals surface area contributed by atoms with Crippen molar-refractivity contribution in [2.24, 2.45) is 0 Å². The topological polar surface area (TPSA) is 46.2 Å². The van der Waals surface area contributed by atoms with E-state index >= 15 is 0 Å². The fourth-order valence-corrected chi connectivity index (χ4v) is 4.45. The van der Waals surface area contributed by atoms with Crippen LogP contribution in [0.15, 0.2) is 16.3 Å². The van der Waals surface area contributed by atoms with E-state index in [1.165, 1.54) is 11.3 Å². The molecule has 0 atom stereocenters. The zero-order valence-corrected chi connectivity index (χ0v) is 11.0. The molecule has 0 saturated heterocycles. The van der Waals surface area contributed by atoms with Crippen LogP contribution in [0.5, 0.6) is 0 Å². The molecule has 0 unspecified atom stereocenters. The van der Waals surface area contributed by atoms with E-state index in [-0.39, 0.29) is 6.04 Å². The van der Waals surface area contributed by atoms with Gasteiger partial charge in [-0.2, -0.15) is 0 Å². The van der Waals surface area contributed by atoms with E-state index < -0.39 is 10.0 Å². The van der Waals surface area contributed by atoms with Crippen LogP contribution in [0.25, 0.3) is 0 Å². The summed E-state index contributed by atoms with van der Waals surface area (Å²) in [6.07, 6.45) is 0. The van der Waals surface area contributed by atoms with Crippen LogP contribution in [0.3, 0.4) is 0 Å². The first-order valence-electron chi connectivity index (χ1n) is 3.69. The first kappa shape index (κ1) is 11.4. The van der Waals surface area contributed by atoms with Crippen LogP contribution in [0.1, 0.15) is 13.8 Å². The highest BCUT2D eigenvalue weighted by atomic mass is 127. The predicted octanol–water partition coefficient (Wildman–Crippen LogP) is 2.04. The van der Waals surface area contributed by atoms with Crippen molar-refractivity contribution in [1.82, 2.24) is 4.72 Å². The van der Waals surface area contributed by atoms with Crippen LogP contribution in [-0.4, -0.2) is 14.5 Å². The molecule has 0 fully saturated rings. The Morgan fingerprint density at radius 2 is 2.08 bits per heavy atom. The first-order chi connectivity index (χ1) is 5.92. The summed E-state index contributed by atoms with van der Waals surface area (Å²) in [4.78, 5) is 0. The lowest BCUT2D eigenvalue weighted by Gasteiger charge is -2.06. The second kappa shape index (κ2) is 4.24. The SMILES string of the molecule is CC(C)NS(=O)(=O)c1ccc(I)s1. The minimum atomic E-state index is -3.27. The molecular weight excluding hydrogens is 321 g/mol. The molecule has 1 aromatic rings. The highest BCUT2D eigenvalue weighted by Crippen LogP contribution is 2.22. The molecule has 0 saturated carbocycles. The fourth-order valence-electron chi connectivity index (χ4n) is 0.811. The highest BCUT2D eigenvalue weighted by molar-refractivity contribution is 14.1. The summed E-state index contributed by atoms with van der Waals surface area (Å²) in [5.41, 5.74) is 0. The van der Waals surface area contributed by atoms with Crippen molar-refractivity contribution in [3.63, 3.8) is 0 Å². The number of thiophene rings is 1. The molecule has 0 aliphatic heterocycles. The minimum Gasteiger partial charge on any atom is -0.208 e. The molecule has 1 N–H and O–H groups in total. The number of hydrogen-bond acceptors (Lipinski definition) is 3. The van der Waals surface area contributed by atoms with E-state index in [4.69, 9.17) is 0 Å². The predicted molar refractivity (Wildman–Crippen MR) is 62.5 cm³/mol. The zero-order valence-electron chi connectivity index (χ0n) is 7.24. The Balaban J connectivity index is 2.95. The van der Waals surface area contributed by atoms with E-state index in [2.05, 4.69) is 27.3 Å². The summed E-state index contributed by atoms with van der Waals surface area (Å²) in [7, 11) is -3.27. The third kappa shape index (κ3) is 3.19. The van der Waals surface area contributed by atoms with Gasteiger partial charge in [-0.25, -0.2) is 13.1 Å². The van der Waals surface area contributed by atoms with Crippen LogP contribution in [0.2, 0.25) is 0 Å². The third-order valence-electron chi connectivity index (χ3n) is 1.20. The quantitative estimate of drug-likeness (QED) is 0.862. The van der Waals surface area contributed by atoms with Gasteiger partial charge in [0.05, 0.1) is 2.88 Å². The van der Waals surface area contributed by atoms with E-state index in [0.29, 0.717) is 4.21 Å². The van der Waals surface area contributed by atoms with Crippen molar-refractivity contribution in [3.05, 3.63) is 15.0 Å². The van der Waals surface area contributed by atoms with Gasteiger partial charge in [-0.05, 0) is 48.6 Å². The summed E-state index contributed by atoms with van der Waals surface area (Å²) in [6, 6.07) is 3.35. The summed E-state index contributed by atoms with van der Waals surface area (Å²) >= 11 is 3.37. The molecule has 0 spiro atoms.